The van der Waals surface area contributed by atoms with Crippen molar-refractivity contribution in [1.82, 2.24) is 4.90 Å². The summed E-state index contributed by atoms with van der Waals surface area (Å²) in [6.07, 6.45) is 8.82. The van der Waals surface area contributed by atoms with Crippen LogP contribution in [0.15, 0.2) is 0 Å². The maximum Gasteiger partial charge on any atom is 0.324 e. The number of carbonyl (C=O) groups is 1. The summed E-state index contributed by atoms with van der Waals surface area (Å²) < 4.78 is 0. The predicted octanol–water partition coefficient (Wildman–Crippen LogP) is 3.29. The molecule has 0 amide bonds. The smallest absolute Gasteiger partial charge is 0.324 e. The Bertz CT molecular complexity index is 294. The number of likely N-dealkylation sites (tertiary alicyclic amines) is 1. The first-order valence-corrected chi connectivity index (χ1v) is 7.57. The Kier molecular flexibility index (Phi) is 4.00. The molecule has 0 atom stereocenters. The van der Waals surface area contributed by atoms with Crippen molar-refractivity contribution < 1.29 is 9.90 Å². The fourth-order valence-electron chi connectivity index (χ4n) is 4.19. The molecule has 1 saturated carbocycles. The Morgan fingerprint density at radius 1 is 1.11 bits per heavy atom. The van der Waals surface area contributed by atoms with Crippen LogP contribution in [0.2, 0.25) is 0 Å². The lowest BCUT2D eigenvalue weighted by Gasteiger charge is -2.56. The molecule has 0 bridgehead atoms. The predicted molar refractivity (Wildman–Crippen MR) is 72.7 cm³/mol. The molecular formula is C15H27NO2. The summed E-state index contributed by atoms with van der Waals surface area (Å²) in [5.41, 5.74) is -0.0838. The summed E-state index contributed by atoms with van der Waals surface area (Å²) in [4.78, 5) is 13.9. The molecule has 3 heteroatoms. The van der Waals surface area contributed by atoms with E-state index in [1.165, 1.54) is 25.7 Å². The van der Waals surface area contributed by atoms with E-state index in [9.17, 15) is 9.90 Å². The summed E-state index contributed by atoms with van der Waals surface area (Å²) in [6.45, 7) is 6.51. The molecule has 2 rings (SSSR count). The van der Waals surface area contributed by atoms with Gasteiger partial charge in [-0.25, -0.2) is 0 Å². The van der Waals surface area contributed by atoms with Crippen molar-refractivity contribution in [3.63, 3.8) is 0 Å². The van der Waals surface area contributed by atoms with Crippen LogP contribution in [-0.4, -0.2) is 34.6 Å². The second-order valence-corrected chi connectivity index (χ2v) is 6.40. The minimum absolute atomic E-state index is 0.425. The van der Waals surface area contributed by atoms with Crippen LogP contribution in [0.25, 0.3) is 0 Å². The van der Waals surface area contributed by atoms with E-state index in [4.69, 9.17) is 0 Å². The fraction of sp³-hybridized carbons (Fsp3) is 0.933. The first-order chi connectivity index (χ1) is 8.58. The Hall–Kier alpha value is -0.570. The number of rotatable bonds is 6. The van der Waals surface area contributed by atoms with Gasteiger partial charge in [0, 0.05) is 13.1 Å². The van der Waals surface area contributed by atoms with Crippen molar-refractivity contribution in [1.29, 1.82) is 0 Å². The van der Waals surface area contributed by atoms with Crippen molar-refractivity contribution >= 4 is 5.97 Å². The summed E-state index contributed by atoms with van der Waals surface area (Å²) in [5.74, 6) is -0.582. The van der Waals surface area contributed by atoms with Gasteiger partial charge in [0.1, 0.15) is 5.54 Å². The van der Waals surface area contributed by atoms with Crippen LogP contribution in [0.4, 0.5) is 0 Å². The van der Waals surface area contributed by atoms with Gasteiger partial charge in [-0.05, 0) is 31.1 Å². The van der Waals surface area contributed by atoms with Crippen molar-refractivity contribution in [2.24, 2.45) is 5.41 Å². The minimum atomic E-state index is -0.582. The number of hydrogen-bond donors (Lipinski definition) is 1. The normalized spacial score (nSPS) is 25.9. The molecule has 1 saturated heterocycles. The quantitative estimate of drug-likeness (QED) is 0.789. The summed E-state index contributed by atoms with van der Waals surface area (Å²) in [6, 6.07) is 0. The molecule has 18 heavy (non-hydrogen) atoms. The average molecular weight is 253 g/mol. The zero-order valence-electron chi connectivity index (χ0n) is 11.9. The van der Waals surface area contributed by atoms with Gasteiger partial charge in [0.05, 0.1) is 0 Å². The van der Waals surface area contributed by atoms with E-state index in [0.717, 1.165) is 38.8 Å². The van der Waals surface area contributed by atoms with Gasteiger partial charge in [-0.15, -0.1) is 0 Å². The lowest BCUT2D eigenvalue weighted by atomic mass is 9.70. The second kappa shape index (κ2) is 5.20. The van der Waals surface area contributed by atoms with Crippen LogP contribution < -0.4 is 0 Å². The first kappa shape index (κ1) is 13.9. The fourth-order valence-corrected chi connectivity index (χ4v) is 4.19. The van der Waals surface area contributed by atoms with Crippen LogP contribution in [0.3, 0.4) is 0 Å². The maximum atomic E-state index is 11.6. The largest absolute Gasteiger partial charge is 0.480 e. The Balaban J connectivity index is 2.03. The van der Waals surface area contributed by atoms with E-state index in [1.54, 1.807) is 0 Å². The zero-order valence-corrected chi connectivity index (χ0v) is 11.9. The van der Waals surface area contributed by atoms with Crippen LogP contribution in [0.5, 0.6) is 0 Å². The SMILES string of the molecule is CCCC1(CCC)CN(C2(C(=O)O)CCCC2)C1. The molecule has 3 nitrogen and oxygen atoms in total. The maximum absolute atomic E-state index is 11.6. The van der Waals surface area contributed by atoms with Gasteiger partial charge in [-0.3, -0.25) is 9.69 Å². The highest BCUT2D eigenvalue weighted by Gasteiger charge is 2.55. The van der Waals surface area contributed by atoms with Gasteiger partial charge in [-0.2, -0.15) is 0 Å². The molecule has 0 aromatic rings. The Labute approximate surface area is 111 Å². The average Bonchev–Trinajstić information content (AvgIpc) is 2.75. The van der Waals surface area contributed by atoms with Crippen LogP contribution in [-0.2, 0) is 4.79 Å². The summed E-state index contributed by atoms with van der Waals surface area (Å²) in [7, 11) is 0. The van der Waals surface area contributed by atoms with E-state index in [2.05, 4.69) is 18.7 Å². The topological polar surface area (TPSA) is 40.5 Å². The molecule has 104 valence electrons. The molecule has 1 aliphatic heterocycles. The van der Waals surface area contributed by atoms with E-state index in [-0.39, 0.29) is 0 Å². The molecule has 2 aliphatic rings. The van der Waals surface area contributed by atoms with Gasteiger partial charge in [-0.1, -0.05) is 39.5 Å². The van der Waals surface area contributed by atoms with Gasteiger partial charge >= 0.3 is 5.97 Å². The van der Waals surface area contributed by atoms with Gasteiger partial charge in [0.2, 0.25) is 0 Å². The lowest BCUT2D eigenvalue weighted by Crippen LogP contribution is -2.67. The number of hydrogen-bond acceptors (Lipinski definition) is 2. The molecule has 0 aromatic heterocycles. The molecule has 1 aliphatic carbocycles. The highest BCUT2D eigenvalue weighted by atomic mass is 16.4. The molecule has 0 radical (unpaired) electrons. The van der Waals surface area contributed by atoms with Crippen LogP contribution in [0, 0.1) is 5.41 Å². The number of aliphatic carboxylic acids is 1. The van der Waals surface area contributed by atoms with Crippen LogP contribution in [0.1, 0.15) is 65.2 Å². The van der Waals surface area contributed by atoms with Crippen molar-refractivity contribution in [2.45, 2.75) is 70.8 Å². The molecule has 0 unspecified atom stereocenters. The molecule has 2 fully saturated rings. The Morgan fingerprint density at radius 2 is 1.61 bits per heavy atom. The molecule has 0 spiro atoms. The Morgan fingerprint density at radius 3 is 2.00 bits per heavy atom. The van der Waals surface area contributed by atoms with E-state index in [0.29, 0.717) is 5.41 Å². The second-order valence-electron chi connectivity index (χ2n) is 6.40. The van der Waals surface area contributed by atoms with E-state index in [1.807, 2.05) is 0 Å². The zero-order chi connectivity index (χ0) is 13.2. The van der Waals surface area contributed by atoms with Gasteiger partial charge < -0.3 is 5.11 Å². The van der Waals surface area contributed by atoms with Gasteiger partial charge in [0.25, 0.3) is 0 Å². The van der Waals surface area contributed by atoms with Crippen molar-refractivity contribution in [2.75, 3.05) is 13.1 Å². The molecular weight excluding hydrogens is 226 g/mol. The third kappa shape index (κ3) is 2.18. The van der Waals surface area contributed by atoms with Crippen LogP contribution >= 0.6 is 0 Å². The van der Waals surface area contributed by atoms with Crippen molar-refractivity contribution in [3.8, 4) is 0 Å². The standard InChI is InChI=1S/C15H27NO2/c1-3-7-14(8-4-2)11-16(12-14)15(13(17)18)9-5-6-10-15/h3-12H2,1-2H3,(H,17,18). The van der Waals surface area contributed by atoms with E-state index >= 15 is 0 Å². The number of nitrogens with zero attached hydrogens (tertiary/aromatic N) is 1. The molecule has 1 N–H and O–H groups in total. The molecule has 0 aromatic carbocycles. The summed E-state index contributed by atoms with van der Waals surface area (Å²) >= 11 is 0. The third-order valence-electron chi connectivity index (χ3n) is 5.05. The van der Waals surface area contributed by atoms with Gasteiger partial charge in [0.15, 0.2) is 0 Å². The van der Waals surface area contributed by atoms with Crippen molar-refractivity contribution in [3.05, 3.63) is 0 Å². The number of carboxylic acids is 1. The first-order valence-electron chi connectivity index (χ1n) is 7.57. The summed E-state index contributed by atoms with van der Waals surface area (Å²) in [5, 5.41) is 9.59. The third-order valence-corrected chi connectivity index (χ3v) is 5.05. The molecule has 1 heterocycles. The number of carboxylic acid groups (broad SMARTS) is 1. The minimum Gasteiger partial charge on any atom is -0.480 e. The highest BCUT2D eigenvalue weighted by molar-refractivity contribution is 5.79. The highest BCUT2D eigenvalue weighted by Crippen LogP contribution is 2.47. The lowest BCUT2D eigenvalue weighted by molar-refractivity contribution is -0.164. The monoisotopic (exact) mass is 253 g/mol. The van der Waals surface area contributed by atoms with E-state index < -0.39 is 11.5 Å².